The Balaban J connectivity index is 0. The van der Waals surface area contributed by atoms with Gasteiger partial charge in [0.2, 0.25) is 0 Å². The van der Waals surface area contributed by atoms with Gasteiger partial charge in [-0.2, -0.15) is 0 Å². The summed E-state index contributed by atoms with van der Waals surface area (Å²) in [6.45, 7) is 2.27. The first-order valence-electron chi connectivity index (χ1n) is 3.49. The maximum Gasteiger partial charge on any atom is 0.282 e. The van der Waals surface area contributed by atoms with Crippen molar-refractivity contribution in [2.24, 2.45) is 0 Å². The number of hydrogen-bond donors (Lipinski definition) is 1. The summed E-state index contributed by atoms with van der Waals surface area (Å²) in [7, 11) is 9.01. The predicted octanol–water partition coefficient (Wildman–Crippen LogP) is 0.534. The molecular formula is C7H23N3Si. The lowest BCUT2D eigenvalue weighted by Crippen LogP contribution is -2.67. The highest BCUT2D eigenvalue weighted by Gasteiger charge is 2.31. The van der Waals surface area contributed by atoms with E-state index in [2.05, 4.69) is 48.9 Å². The van der Waals surface area contributed by atoms with Crippen molar-refractivity contribution >= 4 is 8.56 Å². The summed E-state index contributed by atoms with van der Waals surface area (Å²) in [6, 6.07) is 0. The van der Waals surface area contributed by atoms with Crippen LogP contribution in [-0.4, -0.2) is 52.9 Å². The summed E-state index contributed by atoms with van der Waals surface area (Å²) < 4.78 is 4.54. The molecule has 0 rings (SSSR count). The second-order valence-electron chi connectivity index (χ2n) is 3.06. The van der Waals surface area contributed by atoms with Gasteiger partial charge in [-0.3, -0.25) is 0 Å². The van der Waals surface area contributed by atoms with Gasteiger partial charge in [-0.15, -0.1) is 0 Å². The van der Waals surface area contributed by atoms with Gasteiger partial charge in [-0.05, 0) is 41.8 Å². The van der Waals surface area contributed by atoms with Crippen molar-refractivity contribution in [1.82, 2.24) is 14.1 Å². The fourth-order valence-corrected chi connectivity index (χ4v) is 2.54. The van der Waals surface area contributed by atoms with E-state index in [0.717, 1.165) is 0 Å². The Labute approximate surface area is 72.6 Å². The van der Waals surface area contributed by atoms with Crippen LogP contribution >= 0.6 is 0 Å². The number of hydrogen-bond acceptors (Lipinski definition) is 3. The van der Waals surface area contributed by atoms with E-state index in [1.54, 1.807) is 0 Å². The largest absolute Gasteiger partial charge is 0.316 e. The van der Waals surface area contributed by atoms with Crippen LogP contribution in [0.3, 0.4) is 0 Å². The zero-order valence-corrected chi connectivity index (χ0v) is 8.89. The minimum Gasteiger partial charge on any atom is -0.316 e. The molecular weight excluding hydrogens is 154 g/mol. The van der Waals surface area contributed by atoms with Gasteiger partial charge in [0.25, 0.3) is 8.56 Å². The standard InChI is InChI=1S/C6H19N3Si.CH4/c1-7-10(6,8(2)3)9(4)5;/h7H,1-6H3;1H4. The first kappa shape index (κ1) is 13.7. The molecule has 0 spiro atoms. The highest BCUT2D eigenvalue weighted by molar-refractivity contribution is 6.70. The van der Waals surface area contributed by atoms with Gasteiger partial charge >= 0.3 is 0 Å². The number of rotatable bonds is 3. The third kappa shape index (κ3) is 2.90. The van der Waals surface area contributed by atoms with E-state index in [4.69, 9.17) is 0 Å². The van der Waals surface area contributed by atoms with Crippen LogP contribution in [0.15, 0.2) is 0 Å². The normalized spacial score (nSPS) is 12.0. The first-order valence-corrected chi connectivity index (χ1v) is 5.88. The molecule has 0 bridgehead atoms. The summed E-state index contributed by atoms with van der Waals surface area (Å²) in [5.74, 6) is 0. The molecule has 1 N–H and O–H groups in total. The highest BCUT2D eigenvalue weighted by atomic mass is 28.4. The first-order chi connectivity index (χ1) is 4.45. The van der Waals surface area contributed by atoms with Crippen LogP contribution < -0.4 is 4.98 Å². The van der Waals surface area contributed by atoms with Crippen LogP contribution in [0.4, 0.5) is 0 Å². The highest BCUT2D eigenvalue weighted by Crippen LogP contribution is 2.02. The summed E-state index contributed by atoms with van der Waals surface area (Å²) in [6.07, 6.45) is 0. The van der Waals surface area contributed by atoms with E-state index in [9.17, 15) is 0 Å². The Morgan fingerprint density at radius 1 is 1.00 bits per heavy atom. The lowest BCUT2D eigenvalue weighted by atomic mass is 11.3. The second-order valence-corrected chi connectivity index (χ2v) is 7.39. The van der Waals surface area contributed by atoms with Gasteiger partial charge in [0.1, 0.15) is 0 Å². The fourth-order valence-electron chi connectivity index (χ4n) is 0.847. The molecule has 0 aromatic carbocycles. The SMILES string of the molecule is C.CN[Si](C)(N(C)C)N(C)C. The third-order valence-corrected chi connectivity index (χ3v) is 6.65. The van der Waals surface area contributed by atoms with Gasteiger partial charge in [-0.1, -0.05) is 7.43 Å². The lowest BCUT2D eigenvalue weighted by molar-refractivity contribution is 0.470. The Morgan fingerprint density at radius 3 is 1.27 bits per heavy atom. The molecule has 0 atom stereocenters. The van der Waals surface area contributed by atoms with Crippen molar-refractivity contribution in [3.8, 4) is 0 Å². The van der Waals surface area contributed by atoms with Crippen molar-refractivity contribution in [2.75, 3.05) is 35.2 Å². The van der Waals surface area contributed by atoms with E-state index >= 15 is 0 Å². The number of nitrogens with one attached hydrogen (secondary N) is 1. The van der Waals surface area contributed by atoms with Crippen molar-refractivity contribution in [1.29, 1.82) is 0 Å². The van der Waals surface area contributed by atoms with E-state index in [-0.39, 0.29) is 7.43 Å². The Morgan fingerprint density at radius 2 is 1.27 bits per heavy atom. The molecule has 0 fully saturated rings. The lowest BCUT2D eigenvalue weighted by Gasteiger charge is -2.38. The van der Waals surface area contributed by atoms with Crippen molar-refractivity contribution in [2.45, 2.75) is 14.0 Å². The zero-order chi connectivity index (χ0) is 8.36. The van der Waals surface area contributed by atoms with Gasteiger partial charge in [-0.25, -0.2) is 0 Å². The molecule has 0 aliphatic carbocycles. The average Bonchev–Trinajstić information content (AvgIpc) is 1.85. The van der Waals surface area contributed by atoms with E-state index in [1.807, 2.05) is 7.05 Å². The van der Waals surface area contributed by atoms with Crippen molar-refractivity contribution in [3.05, 3.63) is 0 Å². The van der Waals surface area contributed by atoms with E-state index in [0.29, 0.717) is 0 Å². The molecule has 11 heavy (non-hydrogen) atoms. The molecule has 0 unspecified atom stereocenters. The molecule has 0 heterocycles. The van der Waals surface area contributed by atoms with Gasteiger partial charge < -0.3 is 14.1 Å². The third-order valence-electron chi connectivity index (χ3n) is 2.22. The zero-order valence-electron chi connectivity index (χ0n) is 7.89. The minimum absolute atomic E-state index is 0. The van der Waals surface area contributed by atoms with Crippen LogP contribution in [0, 0.1) is 0 Å². The van der Waals surface area contributed by atoms with Gasteiger partial charge in [0, 0.05) is 0 Å². The topological polar surface area (TPSA) is 18.5 Å². The number of nitrogens with zero attached hydrogens (tertiary/aromatic N) is 2. The molecule has 0 saturated heterocycles. The Hall–Kier alpha value is 0.0969. The quantitative estimate of drug-likeness (QED) is 0.635. The maximum atomic E-state index is 3.37. The molecule has 0 amide bonds. The second kappa shape index (κ2) is 4.87. The molecule has 4 heteroatoms. The van der Waals surface area contributed by atoms with Crippen molar-refractivity contribution in [3.63, 3.8) is 0 Å². The summed E-state index contributed by atoms with van der Waals surface area (Å²) in [5, 5.41) is 0. The fraction of sp³-hybridized carbons (Fsp3) is 1.00. The molecule has 0 aromatic heterocycles. The van der Waals surface area contributed by atoms with Crippen LogP contribution in [0.25, 0.3) is 0 Å². The molecule has 0 aliphatic rings. The minimum atomic E-state index is -1.46. The summed E-state index contributed by atoms with van der Waals surface area (Å²) >= 11 is 0. The van der Waals surface area contributed by atoms with E-state index < -0.39 is 8.56 Å². The van der Waals surface area contributed by atoms with Gasteiger partial charge in [0.15, 0.2) is 0 Å². The predicted molar refractivity (Wildman–Crippen MR) is 54.8 cm³/mol. The Kier molecular flexibility index (Phi) is 6.05. The Bertz CT molecular complexity index is 95.9. The van der Waals surface area contributed by atoms with Gasteiger partial charge in [0.05, 0.1) is 0 Å². The molecule has 0 aromatic rings. The average molecular weight is 177 g/mol. The summed E-state index contributed by atoms with van der Waals surface area (Å²) in [5.41, 5.74) is 0. The van der Waals surface area contributed by atoms with Crippen LogP contribution in [-0.2, 0) is 0 Å². The van der Waals surface area contributed by atoms with Crippen LogP contribution in [0.1, 0.15) is 7.43 Å². The maximum absolute atomic E-state index is 3.37. The molecule has 70 valence electrons. The molecule has 0 saturated carbocycles. The van der Waals surface area contributed by atoms with Crippen molar-refractivity contribution < 1.29 is 0 Å². The summed E-state index contributed by atoms with van der Waals surface area (Å²) in [4.78, 5) is 3.37. The smallest absolute Gasteiger partial charge is 0.282 e. The molecule has 0 aliphatic heterocycles. The molecule has 0 radical (unpaired) electrons. The van der Waals surface area contributed by atoms with E-state index in [1.165, 1.54) is 0 Å². The monoisotopic (exact) mass is 177 g/mol. The molecule has 3 nitrogen and oxygen atoms in total. The van der Waals surface area contributed by atoms with Crippen LogP contribution in [0.2, 0.25) is 6.55 Å². The van der Waals surface area contributed by atoms with Crippen LogP contribution in [0.5, 0.6) is 0 Å².